The maximum atomic E-state index is 5.46. The number of aryl methyl sites for hydroxylation is 1. The fraction of sp³-hybridized carbons (Fsp3) is 0.235. The minimum atomic E-state index is 0.0355. The summed E-state index contributed by atoms with van der Waals surface area (Å²) in [5.74, 6) is 1.27. The van der Waals surface area contributed by atoms with E-state index in [4.69, 9.17) is 9.51 Å². The summed E-state index contributed by atoms with van der Waals surface area (Å²) >= 11 is 3.25. The number of aromatic nitrogens is 4. The smallest absolute Gasteiger partial charge is 0.240 e. The molecule has 0 aliphatic rings. The van der Waals surface area contributed by atoms with E-state index in [9.17, 15) is 0 Å². The average Bonchev–Trinajstić information content (AvgIpc) is 3.33. The molecule has 1 aromatic carbocycles. The number of imidazole rings is 1. The zero-order valence-corrected chi connectivity index (χ0v) is 15.0. The van der Waals surface area contributed by atoms with E-state index in [0.29, 0.717) is 11.7 Å². The van der Waals surface area contributed by atoms with Crippen molar-refractivity contribution < 1.29 is 4.52 Å². The predicted octanol–water partition coefficient (Wildman–Crippen LogP) is 5.02. The molecule has 0 bridgehead atoms. The highest BCUT2D eigenvalue weighted by Crippen LogP contribution is 2.36. The van der Waals surface area contributed by atoms with Crippen LogP contribution in [0, 0.1) is 0 Å². The number of para-hydroxylation sites is 2. The van der Waals surface area contributed by atoms with Crippen LogP contribution in [0.1, 0.15) is 25.0 Å². The van der Waals surface area contributed by atoms with Crippen LogP contribution in [0.4, 0.5) is 0 Å². The molecule has 0 N–H and O–H groups in total. The number of hydrogen-bond donors (Lipinski definition) is 0. The Kier molecular flexibility index (Phi) is 4.12. The second-order valence-corrected chi connectivity index (χ2v) is 7.58. The third kappa shape index (κ3) is 2.74. The molecule has 0 aliphatic carbocycles. The zero-order chi connectivity index (χ0) is 16.5. The van der Waals surface area contributed by atoms with Crippen LogP contribution in [0.25, 0.3) is 21.7 Å². The molecule has 0 amide bonds. The second kappa shape index (κ2) is 6.41. The SMILES string of the molecule is CCn1c(SC(C)c2nc(-c3cccs3)no2)nc2ccccc21. The van der Waals surface area contributed by atoms with Crippen LogP contribution < -0.4 is 0 Å². The van der Waals surface area contributed by atoms with E-state index in [0.717, 1.165) is 27.6 Å². The van der Waals surface area contributed by atoms with Crippen LogP contribution in [0.3, 0.4) is 0 Å². The summed E-state index contributed by atoms with van der Waals surface area (Å²) in [5, 5.41) is 7.11. The molecule has 3 aromatic heterocycles. The van der Waals surface area contributed by atoms with Crippen molar-refractivity contribution in [1.82, 2.24) is 19.7 Å². The van der Waals surface area contributed by atoms with Crippen molar-refractivity contribution in [1.29, 1.82) is 0 Å². The van der Waals surface area contributed by atoms with Gasteiger partial charge in [-0.15, -0.1) is 11.3 Å². The van der Waals surface area contributed by atoms with Crippen LogP contribution in [0.15, 0.2) is 51.5 Å². The maximum Gasteiger partial charge on any atom is 0.240 e. The van der Waals surface area contributed by atoms with E-state index in [1.54, 1.807) is 23.1 Å². The molecule has 0 saturated carbocycles. The molecule has 7 heteroatoms. The summed E-state index contributed by atoms with van der Waals surface area (Å²) in [6, 6.07) is 12.2. The van der Waals surface area contributed by atoms with Crippen molar-refractivity contribution in [2.75, 3.05) is 0 Å². The number of thiophene rings is 1. The van der Waals surface area contributed by atoms with E-state index in [1.165, 1.54) is 0 Å². The standard InChI is InChI=1S/C17H16N4OS2/c1-3-21-13-8-5-4-7-12(13)18-17(21)24-11(2)16-19-15(20-22-16)14-9-6-10-23-14/h4-11H,3H2,1-2H3. The van der Waals surface area contributed by atoms with Gasteiger partial charge in [-0.25, -0.2) is 4.98 Å². The molecule has 0 fully saturated rings. The number of thioether (sulfide) groups is 1. The fourth-order valence-corrected chi connectivity index (χ4v) is 4.23. The van der Waals surface area contributed by atoms with Gasteiger partial charge in [0.1, 0.15) is 0 Å². The first-order valence-corrected chi connectivity index (χ1v) is 9.51. The lowest BCUT2D eigenvalue weighted by molar-refractivity contribution is 0.380. The lowest BCUT2D eigenvalue weighted by atomic mass is 10.3. The van der Waals surface area contributed by atoms with Gasteiger partial charge in [0.2, 0.25) is 11.7 Å². The minimum Gasteiger partial charge on any atom is -0.338 e. The van der Waals surface area contributed by atoms with Crippen LogP contribution in [0.5, 0.6) is 0 Å². The second-order valence-electron chi connectivity index (χ2n) is 5.32. The van der Waals surface area contributed by atoms with Crippen LogP contribution in [-0.4, -0.2) is 19.7 Å². The molecule has 3 heterocycles. The third-order valence-electron chi connectivity index (χ3n) is 3.75. The molecule has 0 spiro atoms. The average molecular weight is 356 g/mol. The van der Waals surface area contributed by atoms with Gasteiger partial charge in [-0.05, 0) is 37.4 Å². The molecule has 1 atom stereocenters. The number of benzene rings is 1. The Morgan fingerprint density at radius 3 is 2.88 bits per heavy atom. The molecule has 1 unspecified atom stereocenters. The lowest BCUT2D eigenvalue weighted by Crippen LogP contribution is -1.98. The number of rotatable bonds is 5. The molecule has 4 rings (SSSR count). The Labute approximate surface area is 147 Å². The minimum absolute atomic E-state index is 0.0355. The summed E-state index contributed by atoms with van der Waals surface area (Å²) in [6.45, 7) is 5.07. The number of hydrogen-bond acceptors (Lipinski definition) is 6. The highest BCUT2D eigenvalue weighted by molar-refractivity contribution is 7.99. The summed E-state index contributed by atoms with van der Waals surface area (Å²) in [4.78, 5) is 10.3. The summed E-state index contributed by atoms with van der Waals surface area (Å²) in [6.07, 6.45) is 0. The zero-order valence-electron chi connectivity index (χ0n) is 13.3. The van der Waals surface area contributed by atoms with Crippen LogP contribution in [-0.2, 0) is 6.54 Å². The first-order chi connectivity index (χ1) is 11.8. The van der Waals surface area contributed by atoms with Crippen molar-refractivity contribution in [2.45, 2.75) is 30.8 Å². The van der Waals surface area contributed by atoms with Gasteiger partial charge in [0.05, 0.1) is 21.2 Å². The Hall–Kier alpha value is -2.12. The number of nitrogens with zero attached hydrogens (tertiary/aromatic N) is 4. The maximum absolute atomic E-state index is 5.46. The quantitative estimate of drug-likeness (QED) is 0.470. The first-order valence-electron chi connectivity index (χ1n) is 7.75. The van der Waals surface area contributed by atoms with Gasteiger partial charge in [0, 0.05) is 6.54 Å². The Morgan fingerprint density at radius 2 is 2.08 bits per heavy atom. The van der Waals surface area contributed by atoms with E-state index < -0.39 is 0 Å². The largest absolute Gasteiger partial charge is 0.338 e. The van der Waals surface area contributed by atoms with Crippen molar-refractivity contribution in [2.24, 2.45) is 0 Å². The highest BCUT2D eigenvalue weighted by Gasteiger charge is 2.20. The molecular weight excluding hydrogens is 340 g/mol. The first kappa shape index (κ1) is 15.4. The fourth-order valence-electron chi connectivity index (χ4n) is 2.56. The van der Waals surface area contributed by atoms with Crippen molar-refractivity contribution in [3.8, 4) is 10.7 Å². The normalized spacial score (nSPS) is 12.8. The van der Waals surface area contributed by atoms with Gasteiger partial charge < -0.3 is 9.09 Å². The molecule has 4 aromatic rings. The monoisotopic (exact) mass is 356 g/mol. The molecular formula is C17H16N4OS2. The van der Waals surface area contributed by atoms with E-state index in [1.807, 2.05) is 35.7 Å². The molecule has 122 valence electrons. The Balaban J connectivity index is 1.61. The lowest BCUT2D eigenvalue weighted by Gasteiger charge is -2.08. The summed E-state index contributed by atoms with van der Waals surface area (Å²) < 4.78 is 7.67. The van der Waals surface area contributed by atoms with E-state index in [-0.39, 0.29) is 5.25 Å². The van der Waals surface area contributed by atoms with Gasteiger partial charge in [-0.1, -0.05) is 35.1 Å². The van der Waals surface area contributed by atoms with E-state index >= 15 is 0 Å². The van der Waals surface area contributed by atoms with Crippen LogP contribution in [0.2, 0.25) is 0 Å². The Bertz CT molecular complexity index is 958. The Morgan fingerprint density at radius 1 is 1.21 bits per heavy atom. The van der Waals surface area contributed by atoms with Crippen molar-refractivity contribution >= 4 is 34.1 Å². The van der Waals surface area contributed by atoms with E-state index in [2.05, 4.69) is 34.6 Å². The third-order valence-corrected chi connectivity index (χ3v) is 5.69. The van der Waals surface area contributed by atoms with Gasteiger partial charge >= 0.3 is 0 Å². The van der Waals surface area contributed by atoms with Gasteiger partial charge in [0.15, 0.2) is 5.16 Å². The molecule has 5 nitrogen and oxygen atoms in total. The predicted molar refractivity (Wildman–Crippen MR) is 97.3 cm³/mol. The van der Waals surface area contributed by atoms with Gasteiger partial charge in [-0.2, -0.15) is 4.98 Å². The molecule has 0 aliphatic heterocycles. The van der Waals surface area contributed by atoms with Crippen molar-refractivity contribution in [3.63, 3.8) is 0 Å². The molecule has 0 saturated heterocycles. The summed E-state index contributed by atoms with van der Waals surface area (Å²) in [5.41, 5.74) is 2.17. The summed E-state index contributed by atoms with van der Waals surface area (Å²) in [7, 11) is 0. The topological polar surface area (TPSA) is 56.7 Å². The molecule has 0 radical (unpaired) electrons. The molecule has 24 heavy (non-hydrogen) atoms. The van der Waals surface area contributed by atoms with Gasteiger partial charge in [0.25, 0.3) is 0 Å². The highest BCUT2D eigenvalue weighted by atomic mass is 32.2. The van der Waals surface area contributed by atoms with Crippen molar-refractivity contribution in [3.05, 3.63) is 47.7 Å². The van der Waals surface area contributed by atoms with Gasteiger partial charge in [-0.3, -0.25) is 0 Å². The number of fused-ring (bicyclic) bond motifs is 1. The van der Waals surface area contributed by atoms with Crippen LogP contribution >= 0.6 is 23.1 Å².